The fourth-order valence-corrected chi connectivity index (χ4v) is 3.65. The van der Waals surface area contributed by atoms with Crippen LogP contribution in [0.5, 0.6) is 0 Å². The van der Waals surface area contributed by atoms with Crippen LogP contribution in [-0.4, -0.2) is 70.2 Å². The van der Waals surface area contributed by atoms with E-state index in [1.165, 1.54) is 0 Å². The Hall–Kier alpha value is -2.95. The molecule has 0 bridgehead atoms. The van der Waals surface area contributed by atoms with Crippen molar-refractivity contribution in [1.82, 2.24) is 16.0 Å². The highest BCUT2D eigenvalue weighted by molar-refractivity contribution is 5.92. The molecule has 5 N–H and O–H groups in total. The predicted octanol–water partition coefficient (Wildman–Crippen LogP) is 0.794. The zero-order chi connectivity index (χ0) is 26.5. The molecule has 0 radical (unpaired) electrons. The minimum Gasteiger partial charge on any atom is -0.481 e. The van der Waals surface area contributed by atoms with Gasteiger partial charge in [-0.1, -0.05) is 40.2 Å². The second kappa shape index (κ2) is 15.1. The van der Waals surface area contributed by atoms with E-state index in [-0.39, 0.29) is 31.6 Å². The summed E-state index contributed by atoms with van der Waals surface area (Å²) in [7, 11) is 0. The van der Waals surface area contributed by atoms with Crippen molar-refractivity contribution in [2.75, 3.05) is 0 Å². The van der Waals surface area contributed by atoms with E-state index in [1.807, 2.05) is 6.92 Å². The number of aliphatic carboxylic acids is 1. The zero-order valence-electron chi connectivity index (χ0n) is 20.9. The summed E-state index contributed by atoms with van der Waals surface area (Å²) >= 11 is 0. The van der Waals surface area contributed by atoms with E-state index in [9.17, 15) is 29.1 Å². The number of ether oxygens (including phenoxy) is 1. The first-order valence-corrected chi connectivity index (χ1v) is 12.1. The smallest absolute Gasteiger partial charge is 0.309 e. The number of hydrogen-bond donors (Lipinski definition) is 5. The molecule has 0 aromatic rings. The molecule has 0 unspecified atom stereocenters. The van der Waals surface area contributed by atoms with E-state index in [1.54, 1.807) is 32.9 Å². The number of cyclic esters (lactones) is 1. The lowest BCUT2D eigenvalue weighted by molar-refractivity contribution is -0.151. The number of amides is 3. The maximum atomic E-state index is 12.9. The zero-order valence-corrected chi connectivity index (χ0v) is 20.9. The predicted molar refractivity (Wildman–Crippen MR) is 127 cm³/mol. The second-order valence-electron chi connectivity index (χ2n) is 9.02. The Bertz CT molecular complexity index is 783. The molecule has 0 saturated carbocycles. The van der Waals surface area contributed by atoms with Crippen LogP contribution in [0.1, 0.15) is 72.6 Å². The van der Waals surface area contributed by atoms with Crippen molar-refractivity contribution in [3.05, 3.63) is 12.2 Å². The van der Waals surface area contributed by atoms with Gasteiger partial charge in [0.05, 0.1) is 25.0 Å². The van der Waals surface area contributed by atoms with Gasteiger partial charge in [0.1, 0.15) is 18.2 Å². The topological polar surface area (TPSA) is 171 Å². The lowest BCUT2D eigenvalue weighted by Crippen LogP contribution is -2.57. The minimum absolute atomic E-state index is 0.186. The molecule has 198 valence electrons. The molecule has 1 aliphatic rings. The van der Waals surface area contributed by atoms with Gasteiger partial charge in [-0.3, -0.25) is 24.0 Å². The molecule has 0 aromatic carbocycles. The number of unbranched alkanes of at least 4 members (excludes halogenated alkanes) is 1. The Morgan fingerprint density at radius 2 is 1.71 bits per heavy atom. The van der Waals surface area contributed by atoms with Crippen molar-refractivity contribution < 1.29 is 38.9 Å². The second-order valence-corrected chi connectivity index (χ2v) is 9.02. The maximum absolute atomic E-state index is 12.9. The molecule has 35 heavy (non-hydrogen) atoms. The highest BCUT2D eigenvalue weighted by Crippen LogP contribution is 2.14. The highest BCUT2D eigenvalue weighted by atomic mass is 16.5. The number of hydrogen-bond acceptors (Lipinski definition) is 7. The van der Waals surface area contributed by atoms with Crippen molar-refractivity contribution in [2.24, 2.45) is 5.92 Å². The van der Waals surface area contributed by atoms with Crippen LogP contribution in [0.3, 0.4) is 0 Å². The first-order valence-electron chi connectivity index (χ1n) is 12.1. The number of aliphatic hydroxyl groups is 1. The van der Waals surface area contributed by atoms with Gasteiger partial charge in [0.15, 0.2) is 0 Å². The number of aliphatic hydroxyl groups excluding tert-OH is 1. The van der Waals surface area contributed by atoms with Crippen molar-refractivity contribution in [3.63, 3.8) is 0 Å². The van der Waals surface area contributed by atoms with Crippen molar-refractivity contribution in [3.8, 4) is 0 Å². The molecular formula is C24H39N3O8. The van der Waals surface area contributed by atoms with Crippen LogP contribution in [0, 0.1) is 5.92 Å². The molecule has 1 rings (SSSR count). The lowest BCUT2D eigenvalue weighted by atomic mass is 9.95. The summed E-state index contributed by atoms with van der Waals surface area (Å²) < 4.78 is 5.42. The lowest BCUT2D eigenvalue weighted by Gasteiger charge is -2.29. The van der Waals surface area contributed by atoms with E-state index in [2.05, 4.69) is 16.0 Å². The van der Waals surface area contributed by atoms with E-state index in [4.69, 9.17) is 9.84 Å². The van der Waals surface area contributed by atoms with Gasteiger partial charge >= 0.3 is 11.9 Å². The number of carboxylic acid groups (broad SMARTS) is 1. The van der Waals surface area contributed by atoms with Gasteiger partial charge in [0, 0.05) is 6.42 Å². The summed E-state index contributed by atoms with van der Waals surface area (Å²) in [6, 6.07) is -2.97. The summed E-state index contributed by atoms with van der Waals surface area (Å²) in [4.78, 5) is 62.1. The monoisotopic (exact) mass is 497 g/mol. The summed E-state index contributed by atoms with van der Waals surface area (Å²) in [5.74, 6) is -4.01. The van der Waals surface area contributed by atoms with E-state index in [0.717, 1.165) is 6.42 Å². The molecule has 1 heterocycles. The Balaban J connectivity index is 3.30. The Labute approximate surface area is 206 Å². The van der Waals surface area contributed by atoms with E-state index in [0.29, 0.717) is 6.42 Å². The van der Waals surface area contributed by atoms with E-state index >= 15 is 0 Å². The van der Waals surface area contributed by atoms with E-state index < -0.39 is 66.4 Å². The average molecular weight is 498 g/mol. The van der Waals surface area contributed by atoms with Crippen LogP contribution in [0.15, 0.2) is 12.2 Å². The average Bonchev–Trinajstić information content (AvgIpc) is 2.77. The SMILES string of the molecule is CCC/C=C/[C@@H]1CC(=O)N[C@H](CCC(=O)O)C(=O)N[C@H](CC)C(=O)N[C@H](C(C)C)[C@@H](O)CC(=O)O1. The van der Waals surface area contributed by atoms with Crippen LogP contribution >= 0.6 is 0 Å². The van der Waals surface area contributed by atoms with Crippen molar-refractivity contribution >= 4 is 29.7 Å². The number of nitrogens with one attached hydrogen (secondary N) is 3. The molecular weight excluding hydrogens is 458 g/mol. The van der Waals surface area contributed by atoms with Gasteiger partial charge in [-0.15, -0.1) is 0 Å². The molecule has 11 heteroatoms. The number of rotatable bonds is 8. The van der Waals surface area contributed by atoms with Gasteiger partial charge < -0.3 is 30.9 Å². The summed E-state index contributed by atoms with van der Waals surface area (Å²) in [5.41, 5.74) is 0. The molecule has 3 amide bonds. The number of carboxylic acids is 1. The normalized spacial score (nSPS) is 27.4. The molecule has 5 atom stereocenters. The number of esters is 1. The van der Waals surface area contributed by atoms with Gasteiger partial charge in [-0.2, -0.15) is 0 Å². The van der Waals surface area contributed by atoms with Crippen LogP contribution in [0.25, 0.3) is 0 Å². The standard InChI is InChI=1S/C24H39N3O8/c1-5-7-8-9-15-12-19(29)25-17(10-11-20(30)31)24(34)26-16(6-2)23(33)27-22(14(3)4)18(28)13-21(32)35-15/h8-9,14-18,22,28H,5-7,10-13H2,1-4H3,(H,25,29)(H,26,34)(H,27,33)(H,30,31)/b9-8+/t15-,16-,17-,18+,22-/m1/s1. The van der Waals surface area contributed by atoms with Crippen molar-refractivity contribution in [1.29, 1.82) is 0 Å². The number of carbonyl (C=O) groups is 5. The van der Waals surface area contributed by atoms with Crippen LogP contribution < -0.4 is 16.0 Å². The molecule has 0 spiro atoms. The molecule has 1 saturated heterocycles. The van der Waals surface area contributed by atoms with Gasteiger partial charge in [0.25, 0.3) is 0 Å². The van der Waals surface area contributed by atoms with Gasteiger partial charge in [0.2, 0.25) is 17.7 Å². The molecule has 1 aliphatic heterocycles. The Morgan fingerprint density at radius 3 is 2.29 bits per heavy atom. The summed E-state index contributed by atoms with van der Waals surface area (Å²) in [6.07, 6.45) is 1.66. The fourth-order valence-electron chi connectivity index (χ4n) is 3.65. The highest BCUT2D eigenvalue weighted by Gasteiger charge is 2.32. The first kappa shape index (κ1) is 30.1. The maximum Gasteiger partial charge on any atom is 0.309 e. The molecule has 0 aliphatic carbocycles. The Kier molecular flexibility index (Phi) is 13.0. The van der Waals surface area contributed by atoms with Gasteiger partial charge in [-0.25, -0.2) is 0 Å². The summed E-state index contributed by atoms with van der Waals surface area (Å²) in [5, 5.41) is 27.5. The first-order chi connectivity index (χ1) is 16.5. The number of allylic oxidation sites excluding steroid dienone is 1. The summed E-state index contributed by atoms with van der Waals surface area (Å²) in [6.45, 7) is 7.18. The third-order valence-electron chi connectivity index (χ3n) is 5.63. The number of carbonyl (C=O) groups excluding carboxylic acids is 4. The Morgan fingerprint density at radius 1 is 1.06 bits per heavy atom. The van der Waals surface area contributed by atoms with Crippen molar-refractivity contribution in [2.45, 2.75) is 103 Å². The van der Waals surface area contributed by atoms with Gasteiger partial charge in [-0.05, 0) is 31.3 Å². The fraction of sp³-hybridized carbons (Fsp3) is 0.708. The molecule has 11 nitrogen and oxygen atoms in total. The van der Waals surface area contributed by atoms with Crippen LogP contribution in [-0.2, 0) is 28.7 Å². The minimum atomic E-state index is -1.25. The third-order valence-corrected chi connectivity index (χ3v) is 5.63. The molecule has 1 fully saturated rings. The quantitative estimate of drug-likeness (QED) is 0.242. The largest absolute Gasteiger partial charge is 0.481 e. The third kappa shape index (κ3) is 10.9. The molecule has 0 aromatic heterocycles. The van der Waals surface area contributed by atoms with Crippen LogP contribution in [0.2, 0.25) is 0 Å². The van der Waals surface area contributed by atoms with Crippen LogP contribution in [0.4, 0.5) is 0 Å².